The molecule has 0 aromatic carbocycles. The normalized spacial score (nSPS) is 18.4. The fourth-order valence-electron chi connectivity index (χ4n) is 8.90. The van der Waals surface area contributed by atoms with Crippen LogP contribution in [0.15, 0.2) is 72.2 Å². The predicted molar refractivity (Wildman–Crippen MR) is 279 cm³/mol. The predicted octanol–water partition coefficient (Wildman–Crippen LogP) is 1.86. The molecule has 424 valence electrons. The number of nitrogens with zero attached hydrogens (tertiary/aromatic N) is 12. The minimum Gasteiger partial charge on any atom is -0.767 e. The van der Waals surface area contributed by atoms with Gasteiger partial charge in [-0.15, -0.1) is 42.6 Å². The van der Waals surface area contributed by atoms with Gasteiger partial charge < -0.3 is 39.1 Å². The zero-order chi connectivity index (χ0) is 56.9. The topological polar surface area (TPSA) is 298 Å². The first-order valence-corrected chi connectivity index (χ1v) is 30.6. The van der Waals surface area contributed by atoms with Gasteiger partial charge in [0.15, 0.2) is 11.6 Å². The maximum atomic E-state index is 14.7. The fraction of sp³-hybridized carbons (Fsp3) is 0.375. The van der Waals surface area contributed by atoms with Crippen LogP contribution in [0.5, 0.6) is 0 Å². The Bertz CT molecular complexity index is 3360. The Morgan fingerprint density at radius 2 is 0.976 bits per heavy atom. The summed E-state index contributed by atoms with van der Waals surface area (Å²) < 4.78 is 104. The molecule has 34 heteroatoms. The second kappa shape index (κ2) is 28.2. The van der Waals surface area contributed by atoms with E-state index in [1.54, 1.807) is 21.8 Å². The van der Waals surface area contributed by atoms with Gasteiger partial charge in [-0.3, -0.25) is 28.1 Å². The van der Waals surface area contributed by atoms with Crippen molar-refractivity contribution in [2.75, 3.05) is 37.2 Å². The monoisotopic (exact) mass is 1230 g/mol. The average Bonchev–Trinajstić information content (AvgIpc) is 4.43. The summed E-state index contributed by atoms with van der Waals surface area (Å²) in [5.74, 6) is -4.56. The van der Waals surface area contributed by atoms with E-state index in [1.165, 1.54) is 35.5 Å². The molecule has 82 heavy (non-hydrogen) atoms. The van der Waals surface area contributed by atoms with Gasteiger partial charge in [0.1, 0.15) is 44.2 Å². The van der Waals surface area contributed by atoms with Crippen LogP contribution in [0.2, 0.25) is 0 Å². The first-order valence-electron chi connectivity index (χ1n) is 24.9. The fourth-order valence-corrected chi connectivity index (χ4v) is 11.2. The molecule has 0 spiro atoms. The number of hydrogen-bond acceptors (Lipinski definition) is 20. The zero-order valence-corrected chi connectivity index (χ0v) is 52.4. The molecule has 2 unspecified atom stereocenters. The number of carbonyl (C=O) groups excluding carboxylic acids is 2. The molecule has 8 aromatic rings. The van der Waals surface area contributed by atoms with Gasteiger partial charge in [-0.05, 0) is 89.5 Å². The van der Waals surface area contributed by atoms with E-state index < -0.39 is 50.5 Å². The van der Waals surface area contributed by atoms with Gasteiger partial charge in [0.25, 0.3) is 11.8 Å². The minimum absolute atomic E-state index is 0. The third-order valence-corrected chi connectivity index (χ3v) is 15.1. The van der Waals surface area contributed by atoms with E-state index in [1.807, 2.05) is 13.8 Å². The summed E-state index contributed by atoms with van der Waals surface area (Å²) in [7, 11) is -8.13. The van der Waals surface area contributed by atoms with Crippen molar-refractivity contribution in [3.63, 3.8) is 0 Å². The van der Waals surface area contributed by atoms with E-state index in [2.05, 4.69) is 51.0 Å². The summed E-state index contributed by atoms with van der Waals surface area (Å²) in [5.41, 5.74) is 0.590. The number of thiazole rings is 2. The molecule has 8 aromatic heterocycles. The standard InChI is InChI=1S/2C24H26F2N7O5PS.2Na/c2*1-3-37-16-6-4-15(5-7-16)32-12-18(22(31-32)21-17(25)8-9-20(26)30-21)28-23(34)19-13-40-24(29-19)14-10-27-33(11-14)38-39(2,35)36;;/h2*8-13,15-16H,3-7H2,1-2H3,(H,28,34)(H,35,36);;/q;;2*+1/p-2. The van der Waals surface area contributed by atoms with Gasteiger partial charge in [0.2, 0.25) is 27.1 Å². The van der Waals surface area contributed by atoms with Crippen LogP contribution >= 0.6 is 37.9 Å². The van der Waals surface area contributed by atoms with Crippen LogP contribution in [-0.2, 0) is 18.6 Å². The molecule has 0 bridgehead atoms. The summed E-state index contributed by atoms with van der Waals surface area (Å²) in [4.78, 5) is 66.5. The molecule has 0 radical (unpaired) electrons. The first kappa shape index (κ1) is 64.5. The number of anilines is 2. The van der Waals surface area contributed by atoms with Crippen molar-refractivity contribution in [1.82, 2.24) is 59.4 Å². The number of halogens is 4. The third-order valence-electron chi connectivity index (χ3n) is 12.4. The largest absolute Gasteiger partial charge is 1.00 e. The number of pyridine rings is 2. The van der Waals surface area contributed by atoms with Gasteiger partial charge in [0.05, 0.1) is 71.6 Å². The van der Waals surface area contributed by atoms with Crippen molar-refractivity contribution < 1.29 is 124 Å². The molecule has 10 rings (SSSR count). The maximum Gasteiger partial charge on any atom is 1.00 e. The van der Waals surface area contributed by atoms with Gasteiger partial charge in [-0.1, -0.05) is 0 Å². The SMILES string of the molecule is CCOC1CCC(n2cc(NC(=O)c3csc(-c4cnn(OP(C)(=O)[O-])c4)n3)c(-c3nc(F)ccc3F)n2)CC1.CCOC1CCC(n2cc(NC(=O)c3csc(-c4cnn(OP(C)(=O)[O-])c4)n3)c(-c3nc(F)ccc3F)n2)CC1.[Na+].[Na+]. The number of aromatic nitrogens is 12. The van der Waals surface area contributed by atoms with Gasteiger partial charge in [-0.2, -0.15) is 19.0 Å². The van der Waals surface area contributed by atoms with Crippen molar-refractivity contribution in [3.05, 3.63) is 107 Å². The Hall–Kier alpha value is -5.04. The molecule has 2 N–H and O–H groups in total. The number of amides is 2. The first-order chi connectivity index (χ1) is 38.2. The van der Waals surface area contributed by atoms with Crippen molar-refractivity contribution >= 4 is 61.1 Å². The van der Waals surface area contributed by atoms with E-state index in [9.17, 15) is 46.1 Å². The summed E-state index contributed by atoms with van der Waals surface area (Å²) >= 11 is 2.25. The Labute approximate surface area is 518 Å². The van der Waals surface area contributed by atoms with E-state index in [-0.39, 0.29) is 129 Å². The molecule has 2 aliphatic carbocycles. The zero-order valence-electron chi connectivity index (χ0n) is 45.0. The molecular formula is C48H50F4N14Na2O10P2S2. The molecule has 8 heterocycles. The van der Waals surface area contributed by atoms with Crippen molar-refractivity contribution in [2.45, 2.75) is 89.5 Å². The molecular weight excluding hydrogens is 1180 g/mol. The quantitative estimate of drug-likeness (QED) is 0.0536. The molecule has 24 nitrogen and oxygen atoms in total. The van der Waals surface area contributed by atoms with Crippen molar-refractivity contribution in [2.24, 2.45) is 0 Å². The van der Waals surface area contributed by atoms with E-state index in [4.69, 9.17) is 18.7 Å². The smallest absolute Gasteiger partial charge is 0.767 e. The summed E-state index contributed by atoms with van der Waals surface area (Å²) in [6.07, 6.45) is 15.2. The van der Waals surface area contributed by atoms with Crippen LogP contribution in [0.4, 0.5) is 28.9 Å². The Kier molecular flexibility index (Phi) is 22.2. The molecule has 2 atom stereocenters. The molecule has 2 amide bonds. The van der Waals surface area contributed by atoms with Gasteiger partial charge in [0, 0.05) is 49.7 Å². The Balaban J connectivity index is 0.000000230. The van der Waals surface area contributed by atoms with Crippen LogP contribution in [0.25, 0.3) is 43.9 Å². The van der Waals surface area contributed by atoms with E-state index in [0.29, 0.717) is 34.4 Å². The second-order valence-corrected chi connectivity index (χ2v) is 23.5. The van der Waals surface area contributed by atoms with Crippen LogP contribution in [0.3, 0.4) is 0 Å². The molecule has 0 aliphatic heterocycles. The van der Waals surface area contributed by atoms with Crippen molar-refractivity contribution in [1.29, 1.82) is 0 Å². The number of rotatable bonds is 18. The van der Waals surface area contributed by atoms with Gasteiger partial charge >= 0.3 is 59.1 Å². The van der Waals surface area contributed by atoms with Gasteiger partial charge in [-0.25, -0.2) is 28.7 Å². The molecule has 2 fully saturated rings. The summed E-state index contributed by atoms with van der Waals surface area (Å²) in [6, 6.07) is 3.68. The maximum absolute atomic E-state index is 14.7. The molecule has 2 aliphatic rings. The second-order valence-electron chi connectivity index (χ2n) is 18.4. The summed E-state index contributed by atoms with van der Waals surface area (Å²) in [5, 5.41) is 25.8. The van der Waals surface area contributed by atoms with Crippen LogP contribution in [-0.4, -0.2) is 110 Å². The molecule has 2 saturated carbocycles. The van der Waals surface area contributed by atoms with Crippen LogP contribution < -0.4 is 88.8 Å². The van der Waals surface area contributed by atoms with Crippen molar-refractivity contribution in [3.8, 4) is 43.9 Å². The summed E-state index contributed by atoms with van der Waals surface area (Å²) in [6.45, 7) is 7.00. The van der Waals surface area contributed by atoms with E-state index in [0.717, 1.165) is 121 Å². The van der Waals surface area contributed by atoms with E-state index >= 15 is 0 Å². The van der Waals surface area contributed by atoms with Crippen LogP contribution in [0, 0.1) is 23.5 Å². The average molecular weight is 1230 g/mol. The van der Waals surface area contributed by atoms with Crippen LogP contribution in [0.1, 0.15) is 98.3 Å². The number of nitrogens with one attached hydrogen (secondary N) is 2. The molecule has 0 saturated heterocycles. The number of carbonyl (C=O) groups is 2. The Morgan fingerprint density at radius 1 is 0.598 bits per heavy atom. The minimum atomic E-state index is -4.07. The third kappa shape index (κ3) is 16.6. The Morgan fingerprint density at radius 3 is 1.33 bits per heavy atom. The number of hydrogen-bond donors (Lipinski definition) is 2. The number of ether oxygens (including phenoxy) is 2.